The van der Waals surface area contributed by atoms with Gasteiger partial charge in [0.2, 0.25) is 5.75 Å². The summed E-state index contributed by atoms with van der Waals surface area (Å²) >= 11 is 9.46. The van der Waals surface area contributed by atoms with Gasteiger partial charge in [-0.15, -0.1) is 0 Å². The Morgan fingerprint density at radius 1 is 1.28 bits per heavy atom. The fourth-order valence-corrected chi connectivity index (χ4v) is 4.24. The summed E-state index contributed by atoms with van der Waals surface area (Å²) in [5, 5.41) is 18.8. The van der Waals surface area contributed by atoms with E-state index in [9.17, 15) is 24.1 Å². The van der Waals surface area contributed by atoms with Gasteiger partial charge >= 0.3 is 5.69 Å². The van der Waals surface area contributed by atoms with Gasteiger partial charge in [0.25, 0.3) is 11.5 Å². The average molecular weight is 617 g/mol. The van der Waals surface area contributed by atoms with Gasteiger partial charge < -0.3 is 10.1 Å². The number of amides is 1. The van der Waals surface area contributed by atoms with Crippen LogP contribution in [0.3, 0.4) is 0 Å². The van der Waals surface area contributed by atoms with Crippen molar-refractivity contribution < 1.29 is 18.8 Å². The van der Waals surface area contributed by atoms with Gasteiger partial charge in [-0.25, -0.2) is 9.37 Å². The predicted molar refractivity (Wildman–Crippen MR) is 149 cm³/mol. The number of hydrogen-bond acceptors (Lipinski definition) is 7. The van der Waals surface area contributed by atoms with Crippen LogP contribution in [0.15, 0.2) is 69.0 Å². The number of nitrogens with zero attached hydrogens (tertiary/aromatic N) is 4. The van der Waals surface area contributed by atoms with Crippen molar-refractivity contribution in [2.24, 2.45) is 5.10 Å². The monoisotopic (exact) mass is 615 g/mol. The number of rotatable bonds is 8. The molecule has 0 saturated carbocycles. The summed E-state index contributed by atoms with van der Waals surface area (Å²) in [5.74, 6) is -1.36. The van der Waals surface area contributed by atoms with Crippen LogP contribution in [-0.4, -0.2) is 33.3 Å². The Labute approximate surface area is 234 Å². The molecule has 1 amide bonds. The Bertz CT molecular complexity index is 1690. The molecule has 0 bridgehead atoms. The molecular formula is C26H20BrClFN5O5. The molecule has 10 nitrogen and oxygen atoms in total. The molecule has 0 unspecified atom stereocenters. The number of benzene rings is 3. The number of anilines is 1. The molecule has 1 N–H and O–H groups in total. The van der Waals surface area contributed by atoms with Crippen LogP contribution in [0.2, 0.25) is 5.02 Å². The number of nitro benzene ring substituents is 1. The van der Waals surface area contributed by atoms with Gasteiger partial charge in [-0.05, 0) is 42.5 Å². The molecule has 0 aliphatic heterocycles. The lowest BCUT2D eigenvalue weighted by molar-refractivity contribution is -0.385. The Balaban J connectivity index is 1.73. The van der Waals surface area contributed by atoms with Gasteiger partial charge in [-0.1, -0.05) is 47.4 Å². The normalized spacial score (nSPS) is 11.3. The molecule has 0 spiro atoms. The summed E-state index contributed by atoms with van der Waals surface area (Å²) in [5.41, 5.74) is -0.241. The molecule has 0 fully saturated rings. The van der Waals surface area contributed by atoms with E-state index in [1.807, 2.05) is 13.8 Å². The van der Waals surface area contributed by atoms with Crippen molar-refractivity contribution in [3.63, 3.8) is 0 Å². The zero-order valence-electron chi connectivity index (χ0n) is 20.5. The van der Waals surface area contributed by atoms with Crippen molar-refractivity contribution in [2.45, 2.75) is 19.8 Å². The third-order valence-electron chi connectivity index (χ3n) is 5.38. The maximum atomic E-state index is 13.4. The van der Waals surface area contributed by atoms with E-state index in [2.05, 4.69) is 31.3 Å². The quantitative estimate of drug-likeness (QED) is 0.150. The van der Waals surface area contributed by atoms with Crippen LogP contribution in [0, 0.1) is 15.9 Å². The SMILES string of the molecule is CC(C)c1nc2ccc(Br)cc2c(=O)n1N=Cc1cc(Cl)cc([N+](=O)[O-])c1OCC(=O)Nc1cccc(F)c1. The van der Waals surface area contributed by atoms with Gasteiger partial charge in [0.15, 0.2) is 6.61 Å². The molecule has 1 heterocycles. The van der Waals surface area contributed by atoms with Crippen molar-refractivity contribution in [2.75, 3.05) is 11.9 Å². The number of carbonyl (C=O) groups is 1. The number of carbonyl (C=O) groups excluding carboxylic acids is 1. The van der Waals surface area contributed by atoms with E-state index in [1.54, 1.807) is 18.2 Å². The highest BCUT2D eigenvalue weighted by Crippen LogP contribution is 2.34. The molecule has 3 aromatic carbocycles. The Kier molecular flexibility index (Phi) is 8.36. The smallest absolute Gasteiger partial charge is 0.313 e. The van der Waals surface area contributed by atoms with Gasteiger partial charge in [-0.2, -0.15) is 9.78 Å². The lowest BCUT2D eigenvalue weighted by atomic mass is 10.1. The summed E-state index contributed by atoms with van der Waals surface area (Å²) in [6.45, 7) is 3.05. The topological polar surface area (TPSA) is 129 Å². The van der Waals surface area contributed by atoms with Crippen LogP contribution in [0.5, 0.6) is 5.75 Å². The Morgan fingerprint density at radius 2 is 2.05 bits per heavy atom. The molecule has 0 radical (unpaired) electrons. The van der Waals surface area contributed by atoms with E-state index in [-0.39, 0.29) is 27.9 Å². The van der Waals surface area contributed by atoms with Crippen LogP contribution >= 0.6 is 27.5 Å². The van der Waals surface area contributed by atoms with Gasteiger partial charge in [0, 0.05) is 32.7 Å². The maximum absolute atomic E-state index is 13.4. The Morgan fingerprint density at radius 3 is 2.74 bits per heavy atom. The first kappa shape index (κ1) is 27.9. The number of hydrogen-bond donors (Lipinski definition) is 1. The van der Waals surface area contributed by atoms with E-state index >= 15 is 0 Å². The second-order valence-corrected chi connectivity index (χ2v) is 9.95. The zero-order valence-corrected chi connectivity index (χ0v) is 22.9. The molecule has 0 atom stereocenters. The maximum Gasteiger partial charge on any atom is 0.313 e. The van der Waals surface area contributed by atoms with E-state index < -0.39 is 34.5 Å². The molecule has 4 aromatic rings. The van der Waals surface area contributed by atoms with Crippen LogP contribution in [0.1, 0.15) is 31.2 Å². The van der Waals surface area contributed by atoms with Crippen molar-refractivity contribution in [1.29, 1.82) is 0 Å². The van der Waals surface area contributed by atoms with E-state index in [4.69, 9.17) is 16.3 Å². The molecule has 4 rings (SSSR count). The minimum absolute atomic E-state index is 0.0108. The fraction of sp³-hybridized carbons (Fsp3) is 0.154. The first-order valence-corrected chi connectivity index (χ1v) is 12.6. The van der Waals surface area contributed by atoms with Crippen molar-refractivity contribution >= 4 is 61.9 Å². The summed E-state index contributed by atoms with van der Waals surface area (Å²) in [7, 11) is 0. The van der Waals surface area contributed by atoms with Gasteiger partial charge in [-0.3, -0.25) is 19.7 Å². The van der Waals surface area contributed by atoms with Gasteiger partial charge in [0.05, 0.1) is 22.0 Å². The average Bonchev–Trinajstić information content (AvgIpc) is 2.87. The standard InChI is InChI=1S/C26H20BrClFN5O5/c1-14(2)25-32-21-7-6-16(27)9-20(21)26(36)33(25)30-12-15-8-17(28)10-22(34(37)38)24(15)39-13-23(35)31-19-5-3-4-18(29)11-19/h3-12,14H,13H2,1-2H3,(H,31,35). The minimum Gasteiger partial charge on any atom is -0.476 e. The number of nitro groups is 1. The number of halogens is 3. The second-order valence-electron chi connectivity index (χ2n) is 8.60. The van der Waals surface area contributed by atoms with Crippen LogP contribution in [0.25, 0.3) is 10.9 Å². The highest BCUT2D eigenvalue weighted by atomic mass is 79.9. The van der Waals surface area contributed by atoms with Crippen LogP contribution < -0.4 is 15.6 Å². The number of aromatic nitrogens is 2. The summed E-state index contributed by atoms with van der Waals surface area (Å²) < 4.78 is 20.7. The lowest BCUT2D eigenvalue weighted by Gasteiger charge is -2.13. The number of nitrogens with one attached hydrogen (secondary N) is 1. The molecule has 0 aliphatic rings. The van der Waals surface area contributed by atoms with Crippen molar-refractivity contribution in [3.05, 3.63) is 102 Å². The third-order valence-corrected chi connectivity index (χ3v) is 6.09. The predicted octanol–water partition coefficient (Wildman–Crippen LogP) is 5.88. The van der Waals surface area contributed by atoms with E-state index in [0.29, 0.717) is 21.2 Å². The van der Waals surface area contributed by atoms with Crippen molar-refractivity contribution in [3.8, 4) is 5.75 Å². The minimum atomic E-state index is -0.718. The molecule has 0 aliphatic carbocycles. The number of ether oxygens (including phenoxy) is 1. The fourth-order valence-electron chi connectivity index (χ4n) is 3.66. The van der Waals surface area contributed by atoms with E-state index in [1.165, 1.54) is 30.5 Å². The first-order chi connectivity index (χ1) is 18.5. The number of fused-ring (bicyclic) bond motifs is 1. The first-order valence-electron chi connectivity index (χ1n) is 11.5. The summed E-state index contributed by atoms with van der Waals surface area (Å²) in [6.07, 6.45) is 1.18. The zero-order chi connectivity index (χ0) is 28.3. The van der Waals surface area contributed by atoms with Crippen LogP contribution in [0.4, 0.5) is 15.8 Å². The van der Waals surface area contributed by atoms with E-state index in [0.717, 1.165) is 16.8 Å². The molecule has 13 heteroatoms. The lowest BCUT2D eigenvalue weighted by Crippen LogP contribution is -2.23. The second kappa shape index (κ2) is 11.7. The van der Waals surface area contributed by atoms with Crippen molar-refractivity contribution in [1.82, 2.24) is 9.66 Å². The highest BCUT2D eigenvalue weighted by molar-refractivity contribution is 9.10. The third kappa shape index (κ3) is 6.47. The largest absolute Gasteiger partial charge is 0.476 e. The van der Waals surface area contributed by atoms with Crippen LogP contribution in [-0.2, 0) is 4.79 Å². The van der Waals surface area contributed by atoms with Gasteiger partial charge in [0.1, 0.15) is 11.6 Å². The summed E-state index contributed by atoms with van der Waals surface area (Å²) in [6, 6.07) is 12.7. The molecule has 1 aromatic heterocycles. The Hall–Kier alpha value is -4.16. The molecule has 0 saturated heterocycles. The molecular weight excluding hydrogens is 597 g/mol. The summed E-state index contributed by atoms with van der Waals surface area (Å²) in [4.78, 5) is 41.3. The molecule has 39 heavy (non-hydrogen) atoms. The highest BCUT2D eigenvalue weighted by Gasteiger charge is 2.22. The molecule has 200 valence electrons.